The van der Waals surface area contributed by atoms with Crippen LogP contribution in [-0.2, 0) is 0 Å². The summed E-state index contributed by atoms with van der Waals surface area (Å²) < 4.78 is 0. The molecule has 0 heterocycles. The van der Waals surface area contributed by atoms with Gasteiger partial charge in [0.2, 0.25) is 0 Å². The average molecular weight is 335 g/mol. The van der Waals surface area contributed by atoms with Gasteiger partial charge in [0.15, 0.2) is 0 Å². The molecule has 0 spiro atoms. The van der Waals surface area contributed by atoms with Crippen molar-refractivity contribution in [3.05, 3.63) is 0 Å². The second-order valence-corrected chi connectivity index (χ2v) is 15.8. The Hall–Kier alpha value is 0.217. The largest absolute Gasteiger partial charge is 0.0689 e. The number of fused-ring (bicyclic) bond motifs is 1. The normalized spacial score (nSPS) is 51.9. The lowest BCUT2D eigenvalue weighted by molar-refractivity contribution is 0.0136. The van der Waals surface area contributed by atoms with E-state index in [1.54, 1.807) is 12.8 Å². The number of rotatable bonds is 2. The third kappa shape index (κ3) is 2.59. The van der Waals surface area contributed by atoms with E-state index in [-0.39, 0.29) is 0 Å². The highest BCUT2D eigenvalue weighted by Gasteiger charge is 2.60. The van der Waals surface area contributed by atoms with Crippen LogP contribution < -0.4 is 0 Å². The van der Waals surface area contributed by atoms with Crippen LogP contribution in [0.5, 0.6) is 0 Å². The van der Waals surface area contributed by atoms with E-state index in [1.807, 2.05) is 0 Å². The Morgan fingerprint density at radius 3 is 1.52 bits per heavy atom. The fourth-order valence-electron chi connectivity index (χ4n) is 7.90. The second kappa shape index (κ2) is 6.18. The number of hydrogen-bond acceptors (Lipinski definition) is 0. The molecule has 3 aliphatic rings. The molecular formula is C22H42Si. The molecule has 0 radical (unpaired) electrons. The number of hydrogen-bond donors (Lipinski definition) is 0. The highest BCUT2D eigenvalue weighted by atomic mass is 28.3. The van der Waals surface area contributed by atoms with Crippen molar-refractivity contribution in [2.45, 2.75) is 91.4 Å². The van der Waals surface area contributed by atoms with E-state index < -0.39 is 8.07 Å². The Morgan fingerprint density at radius 2 is 1.00 bits per heavy atom. The van der Waals surface area contributed by atoms with Gasteiger partial charge in [-0.15, -0.1) is 0 Å². The molecule has 3 aliphatic carbocycles. The summed E-state index contributed by atoms with van der Waals surface area (Å²) in [5.74, 6) is 7.66. The van der Waals surface area contributed by atoms with E-state index in [2.05, 4.69) is 54.6 Å². The van der Waals surface area contributed by atoms with Crippen LogP contribution in [0.15, 0.2) is 0 Å². The first-order valence-corrected chi connectivity index (χ1v) is 13.8. The Balaban J connectivity index is 1.97. The van der Waals surface area contributed by atoms with Crippen molar-refractivity contribution in [1.29, 1.82) is 0 Å². The fourth-order valence-corrected chi connectivity index (χ4v) is 13.5. The van der Waals surface area contributed by atoms with Gasteiger partial charge in [-0.1, -0.05) is 80.3 Å². The molecule has 0 aromatic carbocycles. The summed E-state index contributed by atoms with van der Waals surface area (Å²) in [4.78, 5) is 0. The van der Waals surface area contributed by atoms with Crippen molar-refractivity contribution in [3.8, 4) is 0 Å². The zero-order valence-electron chi connectivity index (χ0n) is 17.1. The molecule has 0 aromatic heterocycles. The van der Waals surface area contributed by atoms with Crippen LogP contribution in [0.25, 0.3) is 0 Å². The third-order valence-corrected chi connectivity index (χ3v) is 15.1. The first kappa shape index (κ1) is 18.0. The molecule has 3 rings (SSSR count). The van der Waals surface area contributed by atoms with Crippen LogP contribution in [0.2, 0.25) is 24.2 Å². The highest BCUT2D eigenvalue weighted by molar-refractivity contribution is 6.80. The van der Waals surface area contributed by atoms with E-state index in [1.165, 1.54) is 12.8 Å². The summed E-state index contributed by atoms with van der Waals surface area (Å²) in [7, 11) is -1.17. The lowest BCUT2D eigenvalue weighted by Gasteiger charge is -2.51. The minimum atomic E-state index is -1.17. The Kier molecular flexibility index (Phi) is 4.84. The molecule has 134 valence electrons. The first-order chi connectivity index (χ1) is 10.7. The summed E-state index contributed by atoms with van der Waals surface area (Å²) in [6.45, 7) is 21.2. The molecule has 0 aromatic rings. The van der Waals surface area contributed by atoms with Crippen molar-refractivity contribution in [1.82, 2.24) is 0 Å². The molecule has 9 atom stereocenters. The van der Waals surface area contributed by atoms with E-state index in [4.69, 9.17) is 0 Å². The molecule has 0 N–H and O–H groups in total. The lowest BCUT2D eigenvalue weighted by atomic mass is 9.58. The molecule has 0 bridgehead atoms. The maximum absolute atomic E-state index is 2.79. The Labute approximate surface area is 147 Å². The van der Waals surface area contributed by atoms with Gasteiger partial charge in [0.25, 0.3) is 0 Å². The van der Waals surface area contributed by atoms with E-state index in [9.17, 15) is 0 Å². The van der Waals surface area contributed by atoms with Crippen molar-refractivity contribution >= 4 is 8.07 Å². The Bertz CT molecular complexity index is 422. The standard InChI is InChI=1S/C22H42Si/c1-13-14(2)16(4)21-20(15(13)3)17(5)18(6)22(21)23(7,8)19-11-9-10-12-19/h13-22H,9-12H2,1-8H3. The molecule has 0 aliphatic heterocycles. The Morgan fingerprint density at radius 1 is 0.565 bits per heavy atom. The molecule has 3 saturated carbocycles. The van der Waals surface area contributed by atoms with Crippen LogP contribution in [0.1, 0.15) is 67.2 Å². The van der Waals surface area contributed by atoms with Crippen LogP contribution >= 0.6 is 0 Å². The van der Waals surface area contributed by atoms with Crippen LogP contribution in [0.4, 0.5) is 0 Å². The first-order valence-electron chi connectivity index (χ1n) is 10.7. The second-order valence-electron chi connectivity index (χ2n) is 10.6. The predicted octanol–water partition coefficient (Wildman–Crippen LogP) is 7.09. The molecule has 0 saturated heterocycles. The van der Waals surface area contributed by atoms with Gasteiger partial charge in [-0.25, -0.2) is 0 Å². The van der Waals surface area contributed by atoms with Crippen molar-refractivity contribution in [2.24, 2.45) is 47.3 Å². The topological polar surface area (TPSA) is 0 Å². The summed E-state index contributed by atoms with van der Waals surface area (Å²) in [5, 5.41) is 0. The van der Waals surface area contributed by atoms with Gasteiger partial charge in [0, 0.05) is 0 Å². The third-order valence-electron chi connectivity index (χ3n) is 9.83. The summed E-state index contributed by atoms with van der Waals surface area (Å²) in [5.41, 5.74) is 2.20. The van der Waals surface area contributed by atoms with Gasteiger partial charge in [0.1, 0.15) is 0 Å². The van der Waals surface area contributed by atoms with Gasteiger partial charge in [-0.2, -0.15) is 0 Å². The quantitative estimate of drug-likeness (QED) is 0.473. The van der Waals surface area contributed by atoms with Gasteiger partial charge < -0.3 is 0 Å². The zero-order valence-corrected chi connectivity index (χ0v) is 18.1. The molecule has 0 nitrogen and oxygen atoms in total. The van der Waals surface area contributed by atoms with Gasteiger partial charge in [-0.05, 0) is 58.4 Å². The van der Waals surface area contributed by atoms with Crippen LogP contribution in [0, 0.1) is 47.3 Å². The zero-order chi connectivity index (χ0) is 17.1. The summed E-state index contributed by atoms with van der Waals surface area (Å²) in [6, 6.07) is 0. The smallest absolute Gasteiger partial charge is 0.0541 e. The van der Waals surface area contributed by atoms with Gasteiger partial charge in [0.05, 0.1) is 8.07 Å². The molecule has 1 heteroatoms. The predicted molar refractivity (Wildman–Crippen MR) is 105 cm³/mol. The molecule has 9 unspecified atom stereocenters. The van der Waals surface area contributed by atoms with Crippen LogP contribution in [0.3, 0.4) is 0 Å². The lowest BCUT2D eigenvalue weighted by Crippen LogP contribution is -2.48. The van der Waals surface area contributed by atoms with Crippen molar-refractivity contribution in [3.63, 3.8) is 0 Å². The molecular weight excluding hydrogens is 292 g/mol. The minimum Gasteiger partial charge on any atom is -0.0689 e. The van der Waals surface area contributed by atoms with Crippen molar-refractivity contribution < 1.29 is 0 Å². The highest BCUT2D eigenvalue weighted by Crippen LogP contribution is 2.66. The van der Waals surface area contributed by atoms with E-state index in [0.29, 0.717) is 0 Å². The molecule has 0 amide bonds. The summed E-state index contributed by atoms with van der Waals surface area (Å²) in [6.07, 6.45) is 6.16. The van der Waals surface area contributed by atoms with Gasteiger partial charge >= 0.3 is 0 Å². The van der Waals surface area contributed by atoms with Gasteiger partial charge in [-0.3, -0.25) is 0 Å². The minimum absolute atomic E-state index is 0.913. The maximum atomic E-state index is 2.79. The fraction of sp³-hybridized carbons (Fsp3) is 1.00. The average Bonchev–Trinajstić information content (AvgIpc) is 3.12. The van der Waals surface area contributed by atoms with Crippen molar-refractivity contribution in [2.75, 3.05) is 0 Å². The van der Waals surface area contributed by atoms with E-state index >= 15 is 0 Å². The molecule has 23 heavy (non-hydrogen) atoms. The van der Waals surface area contributed by atoms with Crippen LogP contribution in [-0.4, -0.2) is 8.07 Å². The SMILES string of the molecule is CC1C(C)C(C)C2C(C1C)C(C)C(C)C2[Si](C)(C)C1CCCC1. The molecule has 3 fully saturated rings. The maximum Gasteiger partial charge on any atom is 0.0541 e. The summed E-state index contributed by atoms with van der Waals surface area (Å²) >= 11 is 0. The van der Waals surface area contributed by atoms with E-state index in [0.717, 1.165) is 58.4 Å². The monoisotopic (exact) mass is 334 g/mol.